The summed E-state index contributed by atoms with van der Waals surface area (Å²) in [6.45, 7) is 1.53. The van der Waals surface area contributed by atoms with E-state index in [-0.39, 0.29) is 6.42 Å². The molecule has 1 N–H and O–H groups in total. The van der Waals surface area contributed by atoms with Crippen LogP contribution in [0, 0.1) is 5.82 Å². The predicted octanol–water partition coefficient (Wildman–Crippen LogP) is 2.07. The maximum Gasteiger partial charge on any atom is 0.331 e. The van der Waals surface area contributed by atoms with E-state index in [1.54, 1.807) is 12.1 Å². The zero-order chi connectivity index (χ0) is 14.8. The van der Waals surface area contributed by atoms with Crippen LogP contribution in [0.5, 0.6) is 5.75 Å². The Bertz CT molecular complexity index is 626. The minimum Gasteiger partial charge on any atom is -0.493 e. The Morgan fingerprint density at radius 3 is 2.85 bits per heavy atom. The van der Waals surface area contributed by atoms with Crippen LogP contribution in [0.2, 0.25) is 0 Å². The molecule has 1 aromatic carbocycles. The normalized spacial score (nSPS) is 13.8. The third kappa shape index (κ3) is 2.64. The molecule has 1 unspecified atom stereocenters. The quantitative estimate of drug-likeness (QED) is 0.909. The lowest BCUT2D eigenvalue weighted by atomic mass is 9.93. The van der Waals surface area contributed by atoms with Gasteiger partial charge in [-0.3, -0.25) is 4.68 Å². The Hall–Kier alpha value is -2.37. The van der Waals surface area contributed by atoms with Crippen LogP contribution < -0.4 is 4.74 Å². The third-order valence-corrected chi connectivity index (χ3v) is 3.20. The van der Waals surface area contributed by atoms with E-state index in [2.05, 4.69) is 5.10 Å². The van der Waals surface area contributed by atoms with Crippen molar-refractivity contribution in [2.24, 2.45) is 0 Å². The molecule has 0 saturated carbocycles. The second-order valence-electron chi connectivity index (χ2n) is 4.71. The number of rotatable bonds is 5. The van der Waals surface area contributed by atoms with Gasteiger partial charge in [-0.1, -0.05) is 12.1 Å². The SMILES string of the molecule is COc1cnn(C(C)(Cc2cccc(F)c2)C(=O)O)c1. The number of halogens is 1. The highest BCUT2D eigenvalue weighted by Crippen LogP contribution is 2.24. The molecule has 1 atom stereocenters. The summed E-state index contributed by atoms with van der Waals surface area (Å²) < 4.78 is 19.5. The lowest BCUT2D eigenvalue weighted by molar-refractivity contribution is -0.147. The standard InChI is InChI=1S/C14H15FN2O3/c1-14(13(18)19,17-9-12(20-2)8-16-17)7-10-4-3-5-11(15)6-10/h3-6,8-9H,7H2,1-2H3,(H,18,19). The summed E-state index contributed by atoms with van der Waals surface area (Å²) in [5, 5.41) is 13.5. The summed E-state index contributed by atoms with van der Waals surface area (Å²) in [5.41, 5.74) is -0.728. The summed E-state index contributed by atoms with van der Waals surface area (Å²) in [4.78, 5) is 11.6. The van der Waals surface area contributed by atoms with Crippen LogP contribution in [0.4, 0.5) is 4.39 Å². The van der Waals surface area contributed by atoms with Crippen molar-refractivity contribution in [3.05, 3.63) is 48.0 Å². The van der Waals surface area contributed by atoms with Crippen molar-refractivity contribution in [1.29, 1.82) is 0 Å². The van der Waals surface area contributed by atoms with E-state index in [1.165, 1.54) is 43.2 Å². The number of hydrogen-bond acceptors (Lipinski definition) is 3. The molecule has 2 rings (SSSR count). The molecule has 0 bridgehead atoms. The third-order valence-electron chi connectivity index (χ3n) is 3.20. The number of benzene rings is 1. The first-order chi connectivity index (χ1) is 9.45. The summed E-state index contributed by atoms with van der Waals surface area (Å²) in [6.07, 6.45) is 3.06. The van der Waals surface area contributed by atoms with Gasteiger partial charge in [-0.2, -0.15) is 5.10 Å². The van der Waals surface area contributed by atoms with Crippen molar-refractivity contribution in [2.45, 2.75) is 18.9 Å². The van der Waals surface area contributed by atoms with Crippen molar-refractivity contribution in [3.63, 3.8) is 0 Å². The highest BCUT2D eigenvalue weighted by atomic mass is 19.1. The van der Waals surface area contributed by atoms with Gasteiger partial charge >= 0.3 is 5.97 Å². The molecule has 0 spiro atoms. The van der Waals surface area contributed by atoms with E-state index >= 15 is 0 Å². The topological polar surface area (TPSA) is 64.4 Å². The first-order valence-electron chi connectivity index (χ1n) is 6.02. The highest BCUT2D eigenvalue weighted by molar-refractivity contribution is 5.76. The summed E-state index contributed by atoms with van der Waals surface area (Å²) in [6, 6.07) is 5.88. The molecular formula is C14H15FN2O3. The lowest BCUT2D eigenvalue weighted by Gasteiger charge is -2.25. The van der Waals surface area contributed by atoms with Crippen molar-refractivity contribution >= 4 is 5.97 Å². The van der Waals surface area contributed by atoms with Crippen LogP contribution in [-0.2, 0) is 16.8 Å². The van der Waals surface area contributed by atoms with E-state index in [1.807, 2.05) is 0 Å². The zero-order valence-electron chi connectivity index (χ0n) is 11.2. The van der Waals surface area contributed by atoms with Crippen molar-refractivity contribution in [1.82, 2.24) is 9.78 Å². The molecule has 0 aliphatic rings. The average Bonchev–Trinajstić information content (AvgIpc) is 2.87. The Morgan fingerprint density at radius 2 is 2.30 bits per heavy atom. The molecule has 0 fully saturated rings. The molecule has 2 aromatic rings. The highest BCUT2D eigenvalue weighted by Gasteiger charge is 2.36. The number of nitrogens with zero attached hydrogens (tertiary/aromatic N) is 2. The fourth-order valence-electron chi connectivity index (χ4n) is 1.98. The van der Waals surface area contributed by atoms with Gasteiger partial charge in [0.15, 0.2) is 11.3 Å². The van der Waals surface area contributed by atoms with E-state index in [0.717, 1.165) is 0 Å². The molecule has 0 saturated heterocycles. The van der Waals surface area contributed by atoms with Crippen molar-refractivity contribution in [2.75, 3.05) is 7.11 Å². The van der Waals surface area contributed by atoms with E-state index in [4.69, 9.17) is 4.74 Å². The van der Waals surface area contributed by atoms with Gasteiger partial charge in [-0.15, -0.1) is 0 Å². The maximum atomic E-state index is 13.2. The van der Waals surface area contributed by atoms with Crippen LogP contribution >= 0.6 is 0 Å². The predicted molar refractivity (Wildman–Crippen MR) is 70.2 cm³/mol. The number of aromatic nitrogens is 2. The molecular weight excluding hydrogens is 263 g/mol. The molecule has 0 aliphatic carbocycles. The Morgan fingerprint density at radius 1 is 1.55 bits per heavy atom. The number of aliphatic carboxylic acids is 1. The van der Waals surface area contributed by atoms with Gasteiger partial charge in [0.25, 0.3) is 0 Å². The fourth-order valence-corrected chi connectivity index (χ4v) is 1.98. The van der Waals surface area contributed by atoms with Gasteiger partial charge in [-0.25, -0.2) is 9.18 Å². The van der Waals surface area contributed by atoms with Gasteiger partial charge in [0.2, 0.25) is 0 Å². The molecule has 1 heterocycles. The van der Waals surface area contributed by atoms with Crippen LogP contribution in [0.15, 0.2) is 36.7 Å². The molecule has 1 aromatic heterocycles. The summed E-state index contributed by atoms with van der Waals surface area (Å²) >= 11 is 0. The molecule has 5 nitrogen and oxygen atoms in total. The first-order valence-corrected chi connectivity index (χ1v) is 6.02. The number of carboxylic acid groups (broad SMARTS) is 1. The van der Waals surface area contributed by atoms with Crippen LogP contribution in [0.25, 0.3) is 0 Å². The average molecular weight is 278 g/mol. The van der Waals surface area contributed by atoms with E-state index in [9.17, 15) is 14.3 Å². The number of carbonyl (C=O) groups is 1. The van der Waals surface area contributed by atoms with Gasteiger partial charge in [0.05, 0.1) is 19.5 Å². The maximum absolute atomic E-state index is 13.2. The Kier molecular flexibility index (Phi) is 3.74. The summed E-state index contributed by atoms with van der Waals surface area (Å²) in [5.74, 6) is -0.975. The number of ether oxygens (including phenoxy) is 1. The monoisotopic (exact) mass is 278 g/mol. The van der Waals surface area contributed by atoms with Crippen molar-refractivity contribution < 1.29 is 19.0 Å². The second kappa shape index (κ2) is 5.32. The zero-order valence-corrected chi connectivity index (χ0v) is 11.2. The van der Waals surface area contributed by atoms with Gasteiger partial charge in [0.1, 0.15) is 5.82 Å². The number of hydrogen-bond donors (Lipinski definition) is 1. The smallest absolute Gasteiger partial charge is 0.331 e. The number of carboxylic acids is 1. The fraction of sp³-hybridized carbons (Fsp3) is 0.286. The van der Waals surface area contributed by atoms with E-state index in [0.29, 0.717) is 11.3 Å². The molecule has 0 amide bonds. The number of methoxy groups -OCH3 is 1. The molecule has 20 heavy (non-hydrogen) atoms. The van der Waals surface area contributed by atoms with Crippen LogP contribution in [0.3, 0.4) is 0 Å². The Balaban J connectivity index is 2.37. The molecule has 106 valence electrons. The second-order valence-corrected chi connectivity index (χ2v) is 4.71. The van der Waals surface area contributed by atoms with Gasteiger partial charge in [0, 0.05) is 6.42 Å². The largest absolute Gasteiger partial charge is 0.493 e. The lowest BCUT2D eigenvalue weighted by Crippen LogP contribution is -2.41. The van der Waals surface area contributed by atoms with Gasteiger partial charge < -0.3 is 9.84 Å². The van der Waals surface area contributed by atoms with Crippen molar-refractivity contribution in [3.8, 4) is 5.75 Å². The summed E-state index contributed by atoms with van der Waals surface area (Å²) in [7, 11) is 1.48. The molecule has 0 radical (unpaired) electrons. The van der Waals surface area contributed by atoms with Gasteiger partial charge in [-0.05, 0) is 24.6 Å². The molecule has 0 aliphatic heterocycles. The minimum absolute atomic E-state index is 0.116. The Labute approximate surface area is 115 Å². The molecule has 6 heteroatoms. The van der Waals surface area contributed by atoms with Crippen LogP contribution in [-0.4, -0.2) is 28.0 Å². The first kappa shape index (κ1) is 14.0. The minimum atomic E-state index is -1.31. The van der Waals surface area contributed by atoms with E-state index < -0.39 is 17.3 Å². The van der Waals surface area contributed by atoms with Crippen LogP contribution in [0.1, 0.15) is 12.5 Å².